The molecule has 0 aliphatic heterocycles. The molecule has 1 heterocycles. The number of aromatic amines is 1. The number of thiazole rings is 1. The number of nitrogens with one attached hydrogen (secondary N) is 2. The SMILES string of the molecule is Cc1ccc(NCCc2csc(=O)[nH]2)cc1. The summed E-state index contributed by atoms with van der Waals surface area (Å²) in [5.74, 6) is 0. The highest BCUT2D eigenvalue weighted by molar-refractivity contribution is 7.07. The summed E-state index contributed by atoms with van der Waals surface area (Å²) in [7, 11) is 0. The fourth-order valence-corrected chi connectivity index (χ4v) is 2.07. The number of benzene rings is 1. The minimum Gasteiger partial charge on any atom is -0.385 e. The highest BCUT2D eigenvalue weighted by Gasteiger charge is 1.96. The third-order valence-electron chi connectivity index (χ3n) is 2.35. The molecule has 16 heavy (non-hydrogen) atoms. The van der Waals surface area contributed by atoms with Crippen molar-refractivity contribution >= 4 is 17.0 Å². The quantitative estimate of drug-likeness (QED) is 0.853. The van der Waals surface area contributed by atoms with Crippen molar-refractivity contribution in [3.63, 3.8) is 0 Å². The number of rotatable bonds is 4. The second-order valence-corrected chi connectivity index (χ2v) is 4.56. The highest BCUT2D eigenvalue weighted by Crippen LogP contribution is 2.08. The van der Waals surface area contributed by atoms with E-state index in [9.17, 15) is 4.79 Å². The molecule has 84 valence electrons. The van der Waals surface area contributed by atoms with Crippen molar-refractivity contribution in [3.8, 4) is 0 Å². The van der Waals surface area contributed by atoms with Gasteiger partial charge in [-0.05, 0) is 19.1 Å². The Morgan fingerprint density at radius 3 is 2.69 bits per heavy atom. The van der Waals surface area contributed by atoms with E-state index in [0.717, 1.165) is 24.3 Å². The lowest BCUT2D eigenvalue weighted by atomic mass is 10.2. The molecule has 2 N–H and O–H groups in total. The summed E-state index contributed by atoms with van der Waals surface area (Å²) in [6, 6.07) is 8.28. The van der Waals surface area contributed by atoms with Crippen LogP contribution >= 0.6 is 11.3 Å². The van der Waals surface area contributed by atoms with Gasteiger partial charge in [-0.25, -0.2) is 0 Å². The van der Waals surface area contributed by atoms with Crippen molar-refractivity contribution in [1.82, 2.24) is 4.98 Å². The van der Waals surface area contributed by atoms with Gasteiger partial charge in [0.25, 0.3) is 0 Å². The van der Waals surface area contributed by atoms with Crippen molar-refractivity contribution in [2.75, 3.05) is 11.9 Å². The maximum Gasteiger partial charge on any atom is 0.304 e. The standard InChI is InChI=1S/C12H14N2OS/c1-9-2-4-10(5-3-9)13-7-6-11-8-16-12(15)14-11/h2-5,8,13H,6-7H2,1H3,(H,14,15). The van der Waals surface area contributed by atoms with Gasteiger partial charge in [0, 0.05) is 29.7 Å². The van der Waals surface area contributed by atoms with Gasteiger partial charge in [0.1, 0.15) is 0 Å². The van der Waals surface area contributed by atoms with E-state index in [1.807, 2.05) is 5.38 Å². The Morgan fingerprint density at radius 1 is 1.31 bits per heavy atom. The summed E-state index contributed by atoms with van der Waals surface area (Å²) >= 11 is 1.21. The second-order valence-electron chi connectivity index (χ2n) is 3.72. The maximum absolute atomic E-state index is 10.9. The third kappa shape index (κ3) is 2.97. The minimum atomic E-state index is 0.0188. The monoisotopic (exact) mass is 234 g/mol. The normalized spacial score (nSPS) is 10.3. The molecule has 0 fully saturated rings. The van der Waals surface area contributed by atoms with Crippen LogP contribution in [-0.2, 0) is 6.42 Å². The molecule has 0 amide bonds. The van der Waals surface area contributed by atoms with Crippen LogP contribution in [0.4, 0.5) is 5.69 Å². The summed E-state index contributed by atoms with van der Waals surface area (Å²) < 4.78 is 0. The lowest BCUT2D eigenvalue weighted by molar-refractivity contribution is 0.970. The molecule has 1 aromatic heterocycles. The lowest BCUT2D eigenvalue weighted by Gasteiger charge is -2.05. The number of aromatic nitrogens is 1. The number of hydrogen-bond acceptors (Lipinski definition) is 3. The summed E-state index contributed by atoms with van der Waals surface area (Å²) in [5.41, 5.74) is 3.37. The van der Waals surface area contributed by atoms with E-state index in [1.54, 1.807) is 0 Å². The van der Waals surface area contributed by atoms with Gasteiger partial charge in [0.2, 0.25) is 0 Å². The zero-order chi connectivity index (χ0) is 11.4. The molecule has 0 unspecified atom stereocenters. The van der Waals surface area contributed by atoms with Crippen molar-refractivity contribution in [3.05, 3.63) is 50.6 Å². The predicted molar refractivity (Wildman–Crippen MR) is 68.3 cm³/mol. The summed E-state index contributed by atoms with van der Waals surface area (Å²) in [4.78, 5) is 13.7. The first kappa shape index (κ1) is 11.0. The molecule has 3 nitrogen and oxygen atoms in total. The molecule has 1 aromatic carbocycles. The molecule has 0 atom stereocenters. The molecule has 2 aromatic rings. The van der Waals surface area contributed by atoms with Crippen LogP contribution in [0.15, 0.2) is 34.4 Å². The molecule has 0 saturated heterocycles. The van der Waals surface area contributed by atoms with Crippen LogP contribution in [0.25, 0.3) is 0 Å². The Bertz CT molecular complexity index is 498. The van der Waals surface area contributed by atoms with Gasteiger partial charge in [-0.1, -0.05) is 29.0 Å². The highest BCUT2D eigenvalue weighted by atomic mass is 32.1. The van der Waals surface area contributed by atoms with E-state index in [-0.39, 0.29) is 4.87 Å². The van der Waals surface area contributed by atoms with E-state index in [4.69, 9.17) is 0 Å². The fourth-order valence-electron chi connectivity index (χ4n) is 1.45. The fraction of sp³-hybridized carbons (Fsp3) is 0.250. The first-order valence-electron chi connectivity index (χ1n) is 5.21. The van der Waals surface area contributed by atoms with Crippen molar-refractivity contribution in [1.29, 1.82) is 0 Å². The first-order valence-corrected chi connectivity index (χ1v) is 6.09. The maximum atomic E-state index is 10.9. The Kier molecular flexibility index (Phi) is 3.41. The van der Waals surface area contributed by atoms with E-state index in [0.29, 0.717) is 0 Å². The number of anilines is 1. The number of aryl methyl sites for hydroxylation is 1. The number of H-pyrrole nitrogens is 1. The summed E-state index contributed by atoms with van der Waals surface area (Å²) in [6.45, 7) is 2.90. The summed E-state index contributed by atoms with van der Waals surface area (Å²) in [6.07, 6.45) is 0.840. The van der Waals surface area contributed by atoms with Gasteiger partial charge in [-0.3, -0.25) is 4.79 Å². The van der Waals surface area contributed by atoms with E-state index < -0.39 is 0 Å². The first-order chi connectivity index (χ1) is 7.74. The zero-order valence-electron chi connectivity index (χ0n) is 9.12. The molecule has 4 heteroatoms. The molecule has 0 saturated carbocycles. The van der Waals surface area contributed by atoms with E-state index in [1.165, 1.54) is 16.9 Å². The van der Waals surface area contributed by atoms with Crippen LogP contribution in [0, 0.1) is 6.92 Å². The molecule has 0 aliphatic carbocycles. The van der Waals surface area contributed by atoms with Gasteiger partial charge >= 0.3 is 4.87 Å². The molecular weight excluding hydrogens is 220 g/mol. The van der Waals surface area contributed by atoms with Gasteiger partial charge in [-0.15, -0.1) is 0 Å². The van der Waals surface area contributed by atoms with Gasteiger partial charge in [0.15, 0.2) is 0 Å². The Labute approximate surface area is 98.2 Å². The van der Waals surface area contributed by atoms with E-state index in [2.05, 4.69) is 41.5 Å². The molecule has 0 aliphatic rings. The topological polar surface area (TPSA) is 44.9 Å². The Balaban J connectivity index is 1.84. The van der Waals surface area contributed by atoms with Crippen LogP contribution in [0.2, 0.25) is 0 Å². The molecule has 0 bridgehead atoms. The van der Waals surface area contributed by atoms with Crippen LogP contribution < -0.4 is 10.2 Å². The van der Waals surface area contributed by atoms with Crippen LogP contribution in [0.5, 0.6) is 0 Å². The van der Waals surface area contributed by atoms with Gasteiger partial charge in [-0.2, -0.15) is 0 Å². The zero-order valence-corrected chi connectivity index (χ0v) is 9.93. The van der Waals surface area contributed by atoms with Crippen molar-refractivity contribution < 1.29 is 0 Å². The predicted octanol–water partition coefficient (Wildman–Crippen LogP) is 2.40. The second kappa shape index (κ2) is 4.99. The molecule has 0 spiro atoms. The summed E-state index contributed by atoms with van der Waals surface area (Å²) in [5, 5.41) is 5.19. The molecular formula is C12H14N2OS. The van der Waals surface area contributed by atoms with Crippen molar-refractivity contribution in [2.24, 2.45) is 0 Å². The van der Waals surface area contributed by atoms with Crippen LogP contribution in [0.3, 0.4) is 0 Å². The van der Waals surface area contributed by atoms with Crippen LogP contribution in [0.1, 0.15) is 11.3 Å². The third-order valence-corrected chi connectivity index (χ3v) is 3.06. The Hall–Kier alpha value is -1.55. The molecule has 2 rings (SSSR count). The number of hydrogen-bond donors (Lipinski definition) is 2. The Morgan fingerprint density at radius 2 is 2.06 bits per heavy atom. The average Bonchev–Trinajstić information content (AvgIpc) is 2.67. The largest absolute Gasteiger partial charge is 0.385 e. The molecule has 0 radical (unpaired) electrons. The van der Waals surface area contributed by atoms with Crippen LogP contribution in [-0.4, -0.2) is 11.5 Å². The van der Waals surface area contributed by atoms with Gasteiger partial charge < -0.3 is 10.3 Å². The van der Waals surface area contributed by atoms with Crippen molar-refractivity contribution in [2.45, 2.75) is 13.3 Å². The minimum absolute atomic E-state index is 0.0188. The van der Waals surface area contributed by atoms with E-state index >= 15 is 0 Å². The average molecular weight is 234 g/mol. The lowest BCUT2D eigenvalue weighted by Crippen LogP contribution is -2.06. The smallest absolute Gasteiger partial charge is 0.304 e. The van der Waals surface area contributed by atoms with Gasteiger partial charge in [0.05, 0.1) is 0 Å².